The lowest BCUT2D eigenvalue weighted by Gasteiger charge is -2.19. The van der Waals surface area contributed by atoms with E-state index in [1.165, 1.54) is 0 Å². The molecule has 4 nitrogen and oxygen atoms in total. The smallest absolute Gasteiger partial charge is 0.260 e. The molecule has 0 spiro atoms. The molecule has 1 aromatic carbocycles. The van der Waals surface area contributed by atoms with E-state index >= 15 is 0 Å². The van der Waals surface area contributed by atoms with Crippen LogP contribution >= 0.6 is 0 Å². The third kappa shape index (κ3) is 5.19. The van der Waals surface area contributed by atoms with E-state index in [-0.39, 0.29) is 11.9 Å². The van der Waals surface area contributed by atoms with Gasteiger partial charge >= 0.3 is 0 Å². The average molecular weight is 251 g/mol. The molecule has 0 aliphatic heterocycles. The van der Waals surface area contributed by atoms with Gasteiger partial charge in [-0.15, -0.1) is 0 Å². The molecular formula is C14H21NO3. The van der Waals surface area contributed by atoms with Gasteiger partial charge in [0.15, 0.2) is 6.10 Å². The van der Waals surface area contributed by atoms with E-state index < -0.39 is 12.2 Å². The zero-order chi connectivity index (χ0) is 13.5. The maximum absolute atomic E-state index is 11.8. The van der Waals surface area contributed by atoms with Crippen LogP contribution in [0, 0.1) is 0 Å². The molecule has 1 aromatic rings. The van der Waals surface area contributed by atoms with Crippen molar-refractivity contribution in [2.75, 3.05) is 0 Å². The molecular weight excluding hydrogens is 230 g/mol. The van der Waals surface area contributed by atoms with Crippen LogP contribution in [0.25, 0.3) is 0 Å². The number of hydrogen-bond acceptors (Lipinski definition) is 3. The topological polar surface area (TPSA) is 58.6 Å². The SMILES string of the molecule is CC(O)CC(C)NC(=O)C(C)Oc1ccccc1. The highest BCUT2D eigenvalue weighted by atomic mass is 16.5. The molecule has 0 fully saturated rings. The number of ether oxygens (including phenoxy) is 1. The van der Waals surface area contributed by atoms with Gasteiger partial charge in [0.05, 0.1) is 6.10 Å². The summed E-state index contributed by atoms with van der Waals surface area (Å²) in [5.41, 5.74) is 0. The van der Waals surface area contributed by atoms with E-state index in [9.17, 15) is 9.90 Å². The van der Waals surface area contributed by atoms with Crippen molar-refractivity contribution < 1.29 is 14.6 Å². The summed E-state index contributed by atoms with van der Waals surface area (Å²) in [5, 5.41) is 12.0. The van der Waals surface area contributed by atoms with E-state index in [0.29, 0.717) is 12.2 Å². The van der Waals surface area contributed by atoms with Crippen molar-refractivity contribution in [1.29, 1.82) is 0 Å². The van der Waals surface area contributed by atoms with Crippen LogP contribution in [0.2, 0.25) is 0 Å². The van der Waals surface area contributed by atoms with E-state index in [4.69, 9.17) is 4.74 Å². The zero-order valence-electron chi connectivity index (χ0n) is 11.1. The molecule has 100 valence electrons. The standard InChI is InChI=1S/C14H21NO3/c1-10(9-11(2)16)15-14(17)12(3)18-13-7-5-4-6-8-13/h4-8,10-12,16H,9H2,1-3H3,(H,15,17). The Labute approximate surface area is 108 Å². The third-order valence-corrected chi connectivity index (χ3v) is 2.51. The molecule has 0 saturated heterocycles. The number of carbonyl (C=O) groups excluding carboxylic acids is 1. The average Bonchev–Trinajstić information content (AvgIpc) is 2.28. The first kappa shape index (κ1) is 14.5. The summed E-state index contributed by atoms with van der Waals surface area (Å²) in [5.74, 6) is 0.496. The Kier molecular flexibility index (Phi) is 5.65. The highest BCUT2D eigenvalue weighted by Gasteiger charge is 2.17. The van der Waals surface area contributed by atoms with E-state index in [0.717, 1.165) is 0 Å². The lowest BCUT2D eigenvalue weighted by atomic mass is 10.1. The molecule has 0 heterocycles. The van der Waals surface area contributed by atoms with Crippen molar-refractivity contribution in [3.05, 3.63) is 30.3 Å². The van der Waals surface area contributed by atoms with Crippen molar-refractivity contribution >= 4 is 5.91 Å². The molecule has 3 atom stereocenters. The van der Waals surface area contributed by atoms with Gasteiger partial charge in [-0.25, -0.2) is 0 Å². The monoisotopic (exact) mass is 251 g/mol. The molecule has 1 rings (SSSR count). The second-order valence-corrected chi connectivity index (χ2v) is 4.57. The molecule has 4 heteroatoms. The van der Waals surface area contributed by atoms with Crippen molar-refractivity contribution in [1.82, 2.24) is 5.32 Å². The minimum atomic E-state index is -0.552. The van der Waals surface area contributed by atoms with Crippen molar-refractivity contribution in [3.63, 3.8) is 0 Å². The Morgan fingerprint density at radius 3 is 2.44 bits per heavy atom. The predicted octanol–water partition coefficient (Wildman–Crippen LogP) is 1.73. The largest absolute Gasteiger partial charge is 0.481 e. The Morgan fingerprint density at radius 1 is 1.28 bits per heavy atom. The number of aliphatic hydroxyl groups excluding tert-OH is 1. The zero-order valence-corrected chi connectivity index (χ0v) is 11.1. The summed E-state index contributed by atoms with van der Waals surface area (Å²) in [6.45, 7) is 5.27. The van der Waals surface area contributed by atoms with Crippen LogP contribution in [0.4, 0.5) is 0 Å². The molecule has 0 radical (unpaired) electrons. The molecule has 18 heavy (non-hydrogen) atoms. The van der Waals surface area contributed by atoms with Crippen molar-refractivity contribution in [3.8, 4) is 5.75 Å². The molecule has 1 amide bonds. The fourth-order valence-corrected chi connectivity index (χ4v) is 1.69. The lowest BCUT2D eigenvalue weighted by molar-refractivity contribution is -0.128. The maximum Gasteiger partial charge on any atom is 0.260 e. The van der Waals surface area contributed by atoms with Gasteiger partial charge in [-0.05, 0) is 39.3 Å². The van der Waals surface area contributed by atoms with Gasteiger partial charge in [0, 0.05) is 6.04 Å². The van der Waals surface area contributed by atoms with Gasteiger partial charge in [-0.3, -0.25) is 4.79 Å². The highest BCUT2D eigenvalue weighted by molar-refractivity contribution is 5.80. The maximum atomic E-state index is 11.8. The summed E-state index contributed by atoms with van der Waals surface area (Å²) >= 11 is 0. The second kappa shape index (κ2) is 7.01. The lowest BCUT2D eigenvalue weighted by Crippen LogP contribution is -2.42. The summed E-state index contributed by atoms with van der Waals surface area (Å²) in [7, 11) is 0. The quantitative estimate of drug-likeness (QED) is 0.809. The fraction of sp³-hybridized carbons (Fsp3) is 0.500. The van der Waals surface area contributed by atoms with E-state index in [1.54, 1.807) is 13.8 Å². The minimum absolute atomic E-state index is 0.0701. The van der Waals surface area contributed by atoms with Crippen molar-refractivity contribution in [2.45, 2.75) is 45.4 Å². The van der Waals surface area contributed by atoms with Gasteiger partial charge in [-0.2, -0.15) is 0 Å². The Morgan fingerprint density at radius 2 is 1.89 bits per heavy atom. The minimum Gasteiger partial charge on any atom is -0.481 e. The van der Waals surface area contributed by atoms with Gasteiger partial charge < -0.3 is 15.2 Å². The van der Waals surface area contributed by atoms with Gasteiger partial charge in [0.25, 0.3) is 5.91 Å². The molecule has 0 aliphatic carbocycles. The summed E-state index contributed by atoms with van der Waals surface area (Å²) in [6, 6.07) is 9.15. The van der Waals surface area contributed by atoms with Crippen LogP contribution in [0.15, 0.2) is 30.3 Å². The molecule has 0 bridgehead atoms. The van der Waals surface area contributed by atoms with Crippen LogP contribution < -0.4 is 10.1 Å². The number of benzene rings is 1. The fourth-order valence-electron chi connectivity index (χ4n) is 1.69. The first-order chi connectivity index (χ1) is 8.49. The number of para-hydroxylation sites is 1. The second-order valence-electron chi connectivity index (χ2n) is 4.57. The van der Waals surface area contributed by atoms with Gasteiger partial charge in [0.2, 0.25) is 0 Å². The molecule has 0 aliphatic rings. The Balaban J connectivity index is 2.42. The number of nitrogens with one attached hydrogen (secondary N) is 1. The number of rotatable bonds is 6. The molecule has 0 saturated carbocycles. The number of hydrogen-bond donors (Lipinski definition) is 2. The van der Waals surface area contributed by atoms with Crippen LogP contribution in [-0.2, 0) is 4.79 Å². The van der Waals surface area contributed by atoms with Gasteiger partial charge in [-0.1, -0.05) is 18.2 Å². The summed E-state index contributed by atoms with van der Waals surface area (Å²) in [6.07, 6.45) is -0.446. The summed E-state index contributed by atoms with van der Waals surface area (Å²) in [4.78, 5) is 11.8. The Hall–Kier alpha value is -1.55. The highest BCUT2D eigenvalue weighted by Crippen LogP contribution is 2.11. The van der Waals surface area contributed by atoms with Gasteiger partial charge in [0.1, 0.15) is 5.75 Å². The first-order valence-electron chi connectivity index (χ1n) is 6.19. The van der Waals surface area contributed by atoms with Crippen LogP contribution in [0.5, 0.6) is 5.75 Å². The Bertz CT molecular complexity index is 365. The predicted molar refractivity (Wildman–Crippen MR) is 70.4 cm³/mol. The normalized spacial score (nSPS) is 15.6. The van der Waals surface area contributed by atoms with E-state index in [1.807, 2.05) is 37.3 Å². The van der Waals surface area contributed by atoms with Crippen molar-refractivity contribution in [2.24, 2.45) is 0 Å². The van der Waals surface area contributed by atoms with Crippen LogP contribution in [0.3, 0.4) is 0 Å². The van der Waals surface area contributed by atoms with Crippen LogP contribution in [-0.4, -0.2) is 29.3 Å². The number of amides is 1. The number of aliphatic hydroxyl groups is 1. The molecule has 3 unspecified atom stereocenters. The third-order valence-electron chi connectivity index (χ3n) is 2.51. The molecule has 2 N–H and O–H groups in total. The van der Waals surface area contributed by atoms with E-state index in [2.05, 4.69) is 5.32 Å². The van der Waals surface area contributed by atoms with Crippen LogP contribution in [0.1, 0.15) is 27.2 Å². The first-order valence-corrected chi connectivity index (χ1v) is 6.19. The summed E-state index contributed by atoms with van der Waals surface area (Å²) < 4.78 is 5.51. The number of carbonyl (C=O) groups is 1. The molecule has 0 aromatic heterocycles.